The molecule has 184 valence electrons. The number of allylic oxidation sites excluding steroid dienone is 1. The van der Waals surface area contributed by atoms with Crippen LogP contribution in [0.15, 0.2) is 35.5 Å². The number of non-ortho nitro benzene ring substituents is 1. The minimum Gasteiger partial charge on any atom is -0.460 e. The SMILES string of the molecule is CC.CCCc1nc2c(c(N)c1CC)C(c1cccc([N+](=O)[O-])c1)C(C(=O)OC(C)C)=C(C)N2. The van der Waals surface area contributed by atoms with Gasteiger partial charge in [0, 0.05) is 40.7 Å². The number of nitrogens with one attached hydrogen (secondary N) is 1. The van der Waals surface area contributed by atoms with E-state index in [1.165, 1.54) is 12.1 Å². The molecular formula is C26H36N4O4. The number of aromatic nitrogens is 1. The van der Waals surface area contributed by atoms with Gasteiger partial charge in [0.25, 0.3) is 5.69 Å². The van der Waals surface area contributed by atoms with Crippen molar-refractivity contribution >= 4 is 23.2 Å². The maximum Gasteiger partial charge on any atom is 0.337 e. The fourth-order valence-electron chi connectivity index (χ4n) is 4.24. The number of fused-ring (bicyclic) bond motifs is 1. The fraction of sp³-hybridized carbons (Fsp3) is 0.462. The molecule has 0 bridgehead atoms. The highest BCUT2D eigenvalue weighted by Gasteiger charge is 2.37. The van der Waals surface area contributed by atoms with E-state index in [4.69, 9.17) is 15.5 Å². The van der Waals surface area contributed by atoms with E-state index in [-0.39, 0.29) is 11.8 Å². The molecule has 1 aliphatic rings. The Bertz CT molecular complexity index is 1090. The van der Waals surface area contributed by atoms with Crippen molar-refractivity contribution < 1.29 is 14.5 Å². The first-order chi connectivity index (χ1) is 16.2. The number of nitro groups is 1. The van der Waals surface area contributed by atoms with Gasteiger partial charge in [-0.05, 0) is 44.7 Å². The third-order valence-corrected chi connectivity index (χ3v) is 5.57. The monoisotopic (exact) mass is 468 g/mol. The van der Waals surface area contributed by atoms with Crippen molar-refractivity contribution in [3.63, 3.8) is 0 Å². The number of nitrogens with two attached hydrogens (primary N) is 1. The lowest BCUT2D eigenvalue weighted by atomic mass is 9.79. The lowest BCUT2D eigenvalue weighted by molar-refractivity contribution is -0.384. The third kappa shape index (κ3) is 5.38. The lowest BCUT2D eigenvalue weighted by Crippen LogP contribution is -2.28. The number of carbonyl (C=O) groups excluding carboxylic acids is 1. The summed E-state index contributed by atoms with van der Waals surface area (Å²) in [4.78, 5) is 29.0. The van der Waals surface area contributed by atoms with E-state index in [0.29, 0.717) is 40.3 Å². The zero-order chi connectivity index (χ0) is 25.6. The van der Waals surface area contributed by atoms with Gasteiger partial charge in [0.15, 0.2) is 0 Å². The van der Waals surface area contributed by atoms with Gasteiger partial charge in [-0.1, -0.05) is 46.2 Å². The van der Waals surface area contributed by atoms with Gasteiger partial charge in [-0.15, -0.1) is 0 Å². The Hall–Kier alpha value is -3.42. The molecule has 8 nitrogen and oxygen atoms in total. The van der Waals surface area contributed by atoms with Crippen molar-refractivity contribution in [3.05, 3.63) is 68.0 Å². The summed E-state index contributed by atoms with van der Waals surface area (Å²) in [5, 5.41) is 14.7. The van der Waals surface area contributed by atoms with E-state index in [9.17, 15) is 14.9 Å². The number of nitro benzene ring substituents is 1. The second-order valence-corrected chi connectivity index (χ2v) is 8.22. The summed E-state index contributed by atoms with van der Waals surface area (Å²) in [6.07, 6.45) is 2.09. The molecule has 3 N–H and O–H groups in total. The van der Waals surface area contributed by atoms with Crippen LogP contribution in [-0.2, 0) is 22.4 Å². The van der Waals surface area contributed by atoms with Gasteiger partial charge in [-0.25, -0.2) is 9.78 Å². The van der Waals surface area contributed by atoms with Crippen LogP contribution in [0.5, 0.6) is 0 Å². The molecule has 0 amide bonds. The largest absolute Gasteiger partial charge is 0.460 e. The van der Waals surface area contributed by atoms with E-state index in [0.717, 1.165) is 24.1 Å². The van der Waals surface area contributed by atoms with E-state index >= 15 is 0 Å². The molecule has 0 aliphatic carbocycles. The smallest absolute Gasteiger partial charge is 0.337 e. The summed E-state index contributed by atoms with van der Waals surface area (Å²) in [5.41, 5.74) is 11.3. The summed E-state index contributed by atoms with van der Waals surface area (Å²) in [5.74, 6) is -0.536. The molecule has 0 saturated carbocycles. The Morgan fingerprint density at radius 3 is 2.53 bits per heavy atom. The number of pyridine rings is 1. The van der Waals surface area contributed by atoms with Gasteiger partial charge >= 0.3 is 5.97 Å². The number of anilines is 2. The van der Waals surface area contributed by atoms with E-state index < -0.39 is 16.8 Å². The molecule has 8 heteroatoms. The topological polar surface area (TPSA) is 120 Å². The molecule has 0 saturated heterocycles. The zero-order valence-electron chi connectivity index (χ0n) is 21.2. The van der Waals surface area contributed by atoms with Crippen LogP contribution in [0.2, 0.25) is 0 Å². The number of nitrogens with zero attached hydrogens (tertiary/aromatic N) is 2. The average Bonchev–Trinajstić information content (AvgIpc) is 2.79. The molecule has 34 heavy (non-hydrogen) atoms. The molecule has 1 aromatic heterocycles. The fourth-order valence-corrected chi connectivity index (χ4v) is 4.24. The van der Waals surface area contributed by atoms with Gasteiger partial charge < -0.3 is 15.8 Å². The van der Waals surface area contributed by atoms with Gasteiger partial charge in [0.05, 0.1) is 16.6 Å². The highest BCUT2D eigenvalue weighted by Crippen LogP contribution is 2.46. The van der Waals surface area contributed by atoms with Crippen molar-refractivity contribution in [1.82, 2.24) is 4.98 Å². The zero-order valence-corrected chi connectivity index (χ0v) is 21.2. The van der Waals surface area contributed by atoms with Gasteiger partial charge in [0.1, 0.15) is 5.82 Å². The van der Waals surface area contributed by atoms with Crippen LogP contribution in [0.4, 0.5) is 17.2 Å². The van der Waals surface area contributed by atoms with Crippen molar-refractivity contribution in [1.29, 1.82) is 0 Å². The highest BCUT2D eigenvalue weighted by atomic mass is 16.6. The molecule has 2 heterocycles. The Morgan fingerprint density at radius 2 is 1.97 bits per heavy atom. The Kier molecular flexibility index (Phi) is 9.18. The van der Waals surface area contributed by atoms with E-state index in [1.54, 1.807) is 32.9 Å². The first-order valence-electron chi connectivity index (χ1n) is 11.9. The van der Waals surface area contributed by atoms with Crippen LogP contribution in [0, 0.1) is 10.1 Å². The normalized spacial score (nSPS) is 14.6. The predicted octanol–water partition coefficient (Wildman–Crippen LogP) is 5.90. The van der Waals surface area contributed by atoms with Crippen LogP contribution in [0.1, 0.15) is 83.2 Å². The van der Waals surface area contributed by atoms with E-state index in [2.05, 4.69) is 12.2 Å². The summed E-state index contributed by atoms with van der Waals surface area (Å²) in [6.45, 7) is 13.5. The molecule has 2 aromatic rings. The number of benzene rings is 1. The maximum atomic E-state index is 13.2. The summed E-state index contributed by atoms with van der Waals surface area (Å²) < 4.78 is 5.53. The number of nitrogen functional groups attached to an aromatic ring is 1. The predicted molar refractivity (Wildman–Crippen MR) is 136 cm³/mol. The first kappa shape index (κ1) is 26.8. The first-order valence-corrected chi connectivity index (χ1v) is 11.9. The molecule has 1 unspecified atom stereocenters. The third-order valence-electron chi connectivity index (χ3n) is 5.57. The highest BCUT2D eigenvalue weighted by molar-refractivity contribution is 5.95. The number of carbonyl (C=O) groups is 1. The second kappa shape index (κ2) is 11.6. The molecule has 1 aromatic carbocycles. The molecule has 1 atom stereocenters. The van der Waals surface area contributed by atoms with Crippen LogP contribution in [-0.4, -0.2) is 22.0 Å². The quantitative estimate of drug-likeness (QED) is 0.295. The summed E-state index contributed by atoms with van der Waals surface area (Å²) in [6, 6.07) is 6.30. The lowest BCUT2D eigenvalue weighted by Gasteiger charge is -2.32. The Labute approximate surface area is 201 Å². The standard InChI is InChI=1S/C24H30N4O4.C2H6/c1-6-9-18-17(7-2)22(25)21-20(15-10-8-11-16(12-15)28(30)31)19(24(29)32-13(3)4)14(5)26-23(21)27-18;1-2/h8,10-13,20H,6-7,9H2,1-5H3,(H3,25,26,27);1-2H3. The Balaban J connectivity index is 0.00000199. The average molecular weight is 469 g/mol. The number of hydrogen-bond acceptors (Lipinski definition) is 7. The molecule has 3 rings (SSSR count). The summed E-state index contributed by atoms with van der Waals surface area (Å²) >= 11 is 0. The van der Waals surface area contributed by atoms with Crippen LogP contribution < -0.4 is 11.1 Å². The summed E-state index contributed by atoms with van der Waals surface area (Å²) in [7, 11) is 0. The van der Waals surface area contributed by atoms with Crippen molar-refractivity contribution in [2.45, 2.75) is 79.8 Å². The number of aryl methyl sites for hydroxylation is 1. The van der Waals surface area contributed by atoms with Crippen LogP contribution in [0.3, 0.4) is 0 Å². The second-order valence-electron chi connectivity index (χ2n) is 8.22. The molecule has 0 spiro atoms. The maximum absolute atomic E-state index is 13.2. The number of rotatable bonds is 7. The Morgan fingerprint density at radius 1 is 1.29 bits per heavy atom. The van der Waals surface area contributed by atoms with Gasteiger partial charge in [0.2, 0.25) is 0 Å². The molecule has 1 aliphatic heterocycles. The van der Waals surface area contributed by atoms with Crippen molar-refractivity contribution in [3.8, 4) is 0 Å². The minimum absolute atomic E-state index is 0.0540. The molecular weight excluding hydrogens is 432 g/mol. The number of esters is 1. The molecule has 0 radical (unpaired) electrons. The molecule has 0 fully saturated rings. The minimum atomic E-state index is -0.633. The van der Waals surface area contributed by atoms with Crippen molar-refractivity contribution in [2.75, 3.05) is 11.1 Å². The van der Waals surface area contributed by atoms with Crippen LogP contribution >= 0.6 is 0 Å². The van der Waals surface area contributed by atoms with Gasteiger partial charge in [-0.3, -0.25) is 10.1 Å². The van der Waals surface area contributed by atoms with Crippen molar-refractivity contribution in [2.24, 2.45) is 0 Å². The van der Waals surface area contributed by atoms with E-state index in [1.807, 2.05) is 20.8 Å². The van der Waals surface area contributed by atoms with Gasteiger partial charge in [-0.2, -0.15) is 0 Å². The van der Waals surface area contributed by atoms with Crippen LogP contribution in [0.25, 0.3) is 0 Å². The number of hydrogen-bond donors (Lipinski definition) is 2. The number of ether oxygens (including phenoxy) is 1.